The van der Waals surface area contributed by atoms with E-state index < -0.39 is 5.43 Å². The van der Waals surface area contributed by atoms with E-state index in [1.807, 2.05) is 49.4 Å². The van der Waals surface area contributed by atoms with Crippen molar-refractivity contribution in [2.24, 2.45) is 0 Å². The largest absolute Gasteiger partial charge is 0.502 e. The second kappa shape index (κ2) is 6.59. The first-order valence-electron chi connectivity index (χ1n) is 7.68. The monoisotopic (exact) mass is 318 g/mol. The summed E-state index contributed by atoms with van der Waals surface area (Å²) in [6.07, 6.45) is 0. The molecular weight excluding hydrogens is 300 g/mol. The molecule has 0 aliphatic rings. The Labute approximate surface area is 140 Å². The lowest BCUT2D eigenvalue weighted by Crippen LogP contribution is -1.96. The van der Waals surface area contributed by atoms with Gasteiger partial charge in [0.25, 0.3) is 0 Å². The van der Waals surface area contributed by atoms with Gasteiger partial charge >= 0.3 is 0 Å². The van der Waals surface area contributed by atoms with Crippen molar-refractivity contribution < 1.29 is 9.84 Å². The first-order chi connectivity index (χ1) is 11.6. The molecule has 0 spiro atoms. The number of benzene rings is 2. The smallest absolute Gasteiger partial charge is 0.224 e. The second-order valence-electron chi connectivity index (χ2n) is 5.61. The Balaban J connectivity index is 2.09. The Hall–Kier alpha value is -3.07. The Morgan fingerprint density at radius 2 is 1.42 bits per heavy atom. The Morgan fingerprint density at radius 1 is 0.833 bits per heavy atom. The van der Waals surface area contributed by atoms with Crippen LogP contribution in [0.1, 0.15) is 5.56 Å². The molecule has 0 heterocycles. The number of hydrogen-bond donors (Lipinski definition) is 1. The molecule has 0 fully saturated rings. The maximum Gasteiger partial charge on any atom is 0.224 e. The molecule has 3 aromatic carbocycles. The van der Waals surface area contributed by atoms with E-state index in [4.69, 9.17) is 4.74 Å². The number of methoxy groups -OCH3 is 1. The number of hydrogen-bond acceptors (Lipinski definition) is 3. The lowest BCUT2D eigenvalue weighted by Gasteiger charge is -2.06. The maximum atomic E-state index is 12.1. The van der Waals surface area contributed by atoms with Crippen molar-refractivity contribution in [1.82, 2.24) is 0 Å². The molecular formula is C21H18O3. The third-order valence-electron chi connectivity index (χ3n) is 4.04. The van der Waals surface area contributed by atoms with Gasteiger partial charge < -0.3 is 9.84 Å². The Morgan fingerprint density at radius 3 is 2.04 bits per heavy atom. The van der Waals surface area contributed by atoms with Crippen LogP contribution in [0.15, 0.2) is 71.5 Å². The molecule has 0 saturated carbocycles. The molecule has 24 heavy (non-hydrogen) atoms. The molecule has 3 nitrogen and oxygen atoms in total. The zero-order valence-electron chi connectivity index (χ0n) is 13.6. The minimum Gasteiger partial charge on any atom is -0.502 e. The molecule has 0 atom stereocenters. The Kier molecular flexibility index (Phi) is 4.34. The molecule has 3 aromatic rings. The summed E-state index contributed by atoms with van der Waals surface area (Å²) in [6, 6.07) is 21.2. The van der Waals surface area contributed by atoms with Gasteiger partial charge in [0.1, 0.15) is 0 Å². The van der Waals surface area contributed by atoms with Gasteiger partial charge in [-0.3, -0.25) is 4.79 Å². The SMILES string of the molecule is COc1cc(C)c(-c2ccc(-c3ccccc3)cc2)cc(=O)c1O. The van der Waals surface area contributed by atoms with Crippen LogP contribution in [0.3, 0.4) is 0 Å². The van der Waals surface area contributed by atoms with Gasteiger partial charge in [0, 0.05) is 0 Å². The molecule has 3 rings (SSSR count). The fourth-order valence-electron chi connectivity index (χ4n) is 2.72. The van der Waals surface area contributed by atoms with E-state index in [0.29, 0.717) is 0 Å². The average molecular weight is 318 g/mol. The molecule has 0 aliphatic carbocycles. The summed E-state index contributed by atoms with van der Waals surface area (Å²) >= 11 is 0. The van der Waals surface area contributed by atoms with Crippen LogP contribution in [-0.4, -0.2) is 12.2 Å². The Bertz CT molecular complexity index is 914. The number of aryl methyl sites for hydroxylation is 1. The second-order valence-corrected chi connectivity index (χ2v) is 5.61. The number of aromatic hydroxyl groups is 1. The third-order valence-corrected chi connectivity index (χ3v) is 4.04. The topological polar surface area (TPSA) is 46.5 Å². The highest BCUT2D eigenvalue weighted by Gasteiger charge is 2.10. The minimum atomic E-state index is -0.456. The highest BCUT2D eigenvalue weighted by atomic mass is 16.5. The van der Waals surface area contributed by atoms with Gasteiger partial charge in [-0.1, -0.05) is 54.6 Å². The van der Waals surface area contributed by atoms with Crippen molar-refractivity contribution in [3.05, 3.63) is 82.5 Å². The van der Waals surface area contributed by atoms with Crippen molar-refractivity contribution in [3.8, 4) is 33.8 Å². The summed E-state index contributed by atoms with van der Waals surface area (Å²) in [4.78, 5) is 12.1. The summed E-state index contributed by atoms with van der Waals surface area (Å²) < 4.78 is 5.08. The molecule has 0 aliphatic heterocycles. The van der Waals surface area contributed by atoms with Crippen molar-refractivity contribution in [2.75, 3.05) is 7.11 Å². The van der Waals surface area contributed by atoms with Gasteiger partial charge in [-0.2, -0.15) is 0 Å². The van der Waals surface area contributed by atoms with E-state index in [1.165, 1.54) is 13.2 Å². The van der Waals surface area contributed by atoms with Crippen LogP contribution in [0.2, 0.25) is 0 Å². The van der Waals surface area contributed by atoms with E-state index in [1.54, 1.807) is 6.07 Å². The summed E-state index contributed by atoms with van der Waals surface area (Å²) in [5.41, 5.74) is 4.35. The highest BCUT2D eigenvalue weighted by Crippen LogP contribution is 2.29. The zero-order chi connectivity index (χ0) is 17.1. The molecule has 120 valence electrons. The zero-order valence-corrected chi connectivity index (χ0v) is 13.6. The van der Waals surface area contributed by atoms with Crippen LogP contribution in [-0.2, 0) is 0 Å². The van der Waals surface area contributed by atoms with Crippen LogP contribution < -0.4 is 10.2 Å². The van der Waals surface area contributed by atoms with Gasteiger partial charge in [0.2, 0.25) is 11.2 Å². The molecule has 0 aromatic heterocycles. The summed E-state index contributed by atoms with van der Waals surface area (Å²) in [6.45, 7) is 1.89. The van der Waals surface area contributed by atoms with Crippen molar-refractivity contribution in [2.45, 2.75) is 6.92 Å². The van der Waals surface area contributed by atoms with Crippen LogP contribution in [0, 0.1) is 6.92 Å². The number of rotatable bonds is 3. The van der Waals surface area contributed by atoms with E-state index >= 15 is 0 Å². The summed E-state index contributed by atoms with van der Waals surface area (Å²) in [5.74, 6) is -0.183. The van der Waals surface area contributed by atoms with E-state index in [-0.39, 0.29) is 11.5 Å². The van der Waals surface area contributed by atoms with E-state index in [9.17, 15) is 9.90 Å². The van der Waals surface area contributed by atoms with Crippen LogP contribution in [0.25, 0.3) is 22.3 Å². The highest BCUT2D eigenvalue weighted by molar-refractivity contribution is 5.72. The van der Waals surface area contributed by atoms with Gasteiger partial charge in [0.05, 0.1) is 7.11 Å². The van der Waals surface area contributed by atoms with Gasteiger partial charge in [0.15, 0.2) is 5.75 Å². The fourth-order valence-corrected chi connectivity index (χ4v) is 2.72. The molecule has 0 unspecified atom stereocenters. The van der Waals surface area contributed by atoms with E-state index in [2.05, 4.69) is 12.1 Å². The fraction of sp³-hybridized carbons (Fsp3) is 0.0952. The third kappa shape index (κ3) is 3.01. The predicted octanol–water partition coefficient (Wildman–Crippen LogP) is 4.40. The molecule has 3 heteroatoms. The lowest BCUT2D eigenvalue weighted by molar-refractivity contribution is 0.372. The standard InChI is InChI=1S/C21H18O3/c1-14-12-20(24-2)21(23)19(22)13-18(14)17-10-8-16(9-11-17)15-6-4-3-5-7-15/h3-13H,1-2H3,(H,22,23). The normalized spacial score (nSPS) is 10.4. The first-order valence-corrected chi connectivity index (χ1v) is 7.68. The first kappa shape index (κ1) is 15.8. The van der Waals surface area contributed by atoms with Gasteiger partial charge in [-0.05, 0) is 46.9 Å². The van der Waals surface area contributed by atoms with Crippen LogP contribution in [0.5, 0.6) is 11.5 Å². The summed E-state index contributed by atoms with van der Waals surface area (Å²) in [7, 11) is 1.43. The molecule has 1 N–H and O–H groups in total. The number of ether oxygens (including phenoxy) is 1. The van der Waals surface area contributed by atoms with Crippen molar-refractivity contribution in [1.29, 1.82) is 0 Å². The van der Waals surface area contributed by atoms with E-state index in [0.717, 1.165) is 27.8 Å². The molecule has 0 saturated heterocycles. The predicted molar refractivity (Wildman–Crippen MR) is 96.5 cm³/mol. The molecule has 0 amide bonds. The lowest BCUT2D eigenvalue weighted by atomic mass is 9.99. The van der Waals surface area contributed by atoms with Crippen molar-refractivity contribution in [3.63, 3.8) is 0 Å². The molecule has 0 radical (unpaired) electrons. The summed E-state index contributed by atoms with van der Waals surface area (Å²) in [5, 5.41) is 9.91. The maximum absolute atomic E-state index is 12.1. The molecule has 0 bridgehead atoms. The van der Waals surface area contributed by atoms with Crippen LogP contribution in [0.4, 0.5) is 0 Å². The minimum absolute atomic E-state index is 0.185. The quantitative estimate of drug-likeness (QED) is 0.778. The van der Waals surface area contributed by atoms with Gasteiger partial charge in [-0.15, -0.1) is 0 Å². The van der Waals surface area contributed by atoms with Crippen LogP contribution >= 0.6 is 0 Å². The average Bonchev–Trinajstić information content (AvgIpc) is 2.74. The van der Waals surface area contributed by atoms with Gasteiger partial charge in [-0.25, -0.2) is 0 Å². The van der Waals surface area contributed by atoms with Crippen molar-refractivity contribution >= 4 is 0 Å².